The Labute approximate surface area is 221 Å². The van der Waals surface area contributed by atoms with Crippen LogP contribution in [0.25, 0.3) is 11.2 Å². The SMILES string of the molecule is Nc1ncnc2c1ncn2[C@@H]1O[C@H](COP(=O)(O)CC(=O)CCCC[C@@H]2SC[C@@H]3NC(=O)N[C@@H]32)[C@@H](O)[C@H]1O. The van der Waals surface area contributed by atoms with Crippen molar-refractivity contribution < 1.29 is 38.5 Å². The molecule has 1 unspecified atom stereocenters. The van der Waals surface area contributed by atoms with Crippen molar-refractivity contribution in [3.05, 3.63) is 12.7 Å². The first-order valence-electron chi connectivity index (χ1n) is 12.2. The fourth-order valence-electron chi connectivity index (χ4n) is 5.00. The second-order valence-electron chi connectivity index (χ2n) is 9.63. The molecule has 3 fully saturated rings. The second-order valence-corrected chi connectivity index (χ2v) is 12.7. The molecule has 208 valence electrons. The number of nitrogens with one attached hydrogen (secondary N) is 2. The average molecular weight is 572 g/mol. The molecule has 5 rings (SSSR count). The Bertz CT molecular complexity index is 1250. The van der Waals surface area contributed by atoms with Crippen LogP contribution in [0.15, 0.2) is 12.7 Å². The molecule has 5 heterocycles. The highest BCUT2D eigenvalue weighted by atomic mass is 32.2. The fourth-order valence-corrected chi connectivity index (χ4v) is 7.62. The molecule has 3 aliphatic heterocycles. The van der Waals surface area contributed by atoms with E-state index in [1.54, 1.807) is 11.8 Å². The van der Waals surface area contributed by atoms with Crippen molar-refractivity contribution in [1.82, 2.24) is 30.2 Å². The largest absolute Gasteiger partial charge is 0.387 e. The Hall–Kier alpha value is -2.33. The summed E-state index contributed by atoms with van der Waals surface area (Å²) in [7, 11) is -4.30. The van der Waals surface area contributed by atoms with Crippen molar-refractivity contribution in [2.24, 2.45) is 0 Å². The molecule has 0 aliphatic carbocycles. The van der Waals surface area contributed by atoms with Gasteiger partial charge in [0.05, 0.1) is 25.0 Å². The lowest BCUT2D eigenvalue weighted by Crippen LogP contribution is -2.36. The van der Waals surface area contributed by atoms with Crippen molar-refractivity contribution in [1.29, 1.82) is 0 Å². The number of hydrogen-bond donors (Lipinski definition) is 6. The number of carbonyl (C=O) groups is 2. The van der Waals surface area contributed by atoms with E-state index in [1.165, 1.54) is 17.2 Å². The van der Waals surface area contributed by atoms with Crippen LogP contribution in [0.3, 0.4) is 0 Å². The van der Waals surface area contributed by atoms with Gasteiger partial charge in [-0.3, -0.25) is 13.9 Å². The third-order valence-electron chi connectivity index (χ3n) is 6.95. The Morgan fingerprint density at radius 2 is 2.08 bits per heavy atom. The molecule has 15 nitrogen and oxygen atoms in total. The number of amides is 2. The van der Waals surface area contributed by atoms with Gasteiger partial charge in [-0.15, -0.1) is 0 Å². The lowest BCUT2D eigenvalue weighted by molar-refractivity contribution is -0.117. The van der Waals surface area contributed by atoms with Crippen LogP contribution in [0, 0.1) is 0 Å². The van der Waals surface area contributed by atoms with Gasteiger partial charge in [-0.2, -0.15) is 11.8 Å². The number of nitrogens with two attached hydrogens (primary N) is 1. The summed E-state index contributed by atoms with van der Waals surface area (Å²) in [4.78, 5) is 46.0. The van der Waals surface area contributed by atoms with E-state index in [0.717, 1.165) is 18.6 Å². The summed E-state index contributed by atoms with van der Waals surface area (Å²) in [6.45, 7) is -0.513. The number of carbonyl (C=O) groups excluding carboxylic acids is 2. The highest BCUT2D eigenvalue weighted by Crippen LogP contribution is 2.43. The standard InChI is InChI=1S/C21H30N7O8PS/c22-18-15-19(24-8-23-18)28(9-25-15)20-17(31)16(30)12(36-20)5-35-37(33,34)6-10(29)3-1-2-4-13-14-11(7-38-13)26-21(32)27-14/h8-9,11-14,16-17,20,30-31H,1-7H2,(H,33,34)(H2,22,23,24)(H2,26,27,32)/t11-,12+,13-,14-,16+,17+,20+/m0/s1. The van der Waals surface area contributed by atoms with Crippen LogP contribution < -0.4 is 16.4 Å². The van der Waals surface area contributed by atoms with E-state index >= 15 is 0 Å². The number of rotatable bonds is 11. The lowest BCUT2D eigenvalue weighted by atomic mass is 10.0. The summed E-state index contributed by atoms with van der Waals surface area (Å²) in [6.07, 6.45) is -0.903. The van der Waals surface area contributed by atoms with Crippen molar-refractivity contribution in [3.63, 3.8) is 0 Å². The molecule has 7 N–H and O–H groups in total. The van der Waals surface area contributed by atoms with Gasteiger partial charge in [0.25, 0.3) is 0 Å². The van der Waals surface area contributed by atoms with Crippen molar-refractivity contribution in [3.8, 4) is 0 Å². The van der Waals surface area contributed by atoms with Crippen LogP contribution in [0.1, 0.15) is 31.9 Å². The van der Waals surface area contributed by atoms with Crippen LogP contribution in [0.4, 0.5) is 10.6 Å². The Balaban J connectivity index is 1.06. The summed E-state index contributed by atoms with van der Waals surface area (Å²) in [6, 6.07) is 0.0940. The van der Waals surface area contributed by atoms with E-state index in [2.05, 4.69) is 25.6 Å². The van der Waals surface area contributed by atoms with Crippen molar-refractivity contribution in [2.45, 2.75) is 67.6 Å². The monoisotopic (exact) mass is 571 g/mol. The normalized spacial score (nSPS) is 32.2. The Morgan fingerprint density at radius 3 is 2.89 bits per heavy atom. The number of urea groups is 1. The van der Waals surface area contributed by atoms with Crippen LogP contribution in [-0.4, -0.2) is 101 Å². The maximum absolute atomic E-state index is 12.5. The number of hydrogen-bond acceptors (Lipinski definition) is 12. The zero-order chi connectivity index (χ0) is 27.0. The minimum atomic E-state index is -4.30. The Kier molecular flexibility index (Phi) is 7.91. The minimum absolute atomic E-state index is 0.0967. The third kappa shape index (κ3) is 5.66. The topological polar surface area (TPSA) is 224 Å². The van der Waals surface area contributed by atoms with Gasteiger partial charge in [-0.25, -0.2) is 19.7 Å². The number of Topliss-reactive ketones (excluding diaryl/α,β-unsaturated/α-hetero) is 1. The highest BCUT2D eigenvalue weighted by molar-refractivity contribution is 8.00. The molecule has 2 aromatic heterocycles. The summed E-state index contributed by atoms with van der Waals surface area (Å²) in [5, 5.41) is 27.0. The van der Waals surface area contributed by atoms with Crippen LogP contribution in [0.5, 0.6) is 0 Å². The number of unbranched alkanes of at least 4 members (excludes halogenated alkanes) is 1. The molecular weight excluding hydrogens is 541 g/mol. The predicted octanol–water partition coefficient (Wildman–Crippen LogP) is -0.475. The molecule has 3 saturated heterocycles. The molecule has 0 saturated carbocycles. The number of ketones is 1. The quantitative estimate of drug-likeness (QED) is 0.114. The van der Waals surface area contributed by atoms with Gasteiger partial charge >= 0.3 is 13.6 Å². The van der Waals surface area contributed by atoms with E-state index in [4.69, 9.17) is 15.0 Å². The van der Waals surface area contributed by atoms with Gasteiger partial charge in [-0.1, -0.05) is 6.42 Å². The number of nitrogen functional groups attached to an aromatic ring is 1. The molecule has 38 heavy (non-hydrogen) atoms. The molecule has 0 aromatic carbocycles. The maximum atomic E-state index is 12.5. The zero-order valence-corrected chi connectivity index (χ0v) is 22.0. The first kappa shape index (κ1) is 27.2. The zero-order valence-electron chi connectivity index (χ0n) is 20.3. The summed E-state index contributed by atoms with van der Waals surface area (Å²) >= 11 is 1.79. The van der Waals surface area contributed by atoms with Gasteiger partial charge in [0.15, 0.2) is 17.7 Å². The smallest absolute Gasteiger partial charge is 0.335 e. The van der Waals surface area contributed by atoms with Gasteiger partial charge in [-0.05, 0) is 12.8 Å². The van der Waals surface area contributed by atoms with Gasteiger partial charge < -0.3 is 40.7 Å². The molecule has 0 spiro atoms. The predicted molar refractivity (Wildman–Crippen MR) is 135 cm³/mol. The molecule has 0 radical (unpaired) electrons. The molecule has 2 amide bonds. The minimum Gasteiger partial charge on any atom is -0.387 e. The molecule has 8 atom stereocenters. The van der Waals surface area contributed by atoms with Crippen LogP contribution >= 0.6 is 19.4 Å². The Morgan fingerprint density at radius 1 is 1.26 bits per heavy atom. The highest BCUT2D eigenvalue weighted by Gasteiger charge is 2.45. The van der Waals surface area contributed by atoms with E-state index in [9.17, 15) is 29.3 Å². The van der Waals surface area contributed by atoms with Gasteiger partial charge in [0.2, 0.25) is 0 Å². The molecule has 17 heteroatoms. The van der Waals surface area contributed by atoms with Gasteiger partial charge in [0, 0.05) is 17.4 Å². The molecule has 2 aromatic rings. The number of aromatic nitrogens is 4. The number of nitrogens with zero attached hydrogens (tertiary/aromatic N) is 4. The van der Waals surface area contributed by atoms with E-state index < -0.39 is 50.7 Å². The average Bonchev–Trinajstić information content (AvgIpc) is 3.61. The number of thioether (sulfide) groups is 1. The van der Waals surface area contributed by atoms with Crippen LogP contribution in [-0.2, 0) is 18.6 Å². The fraction of sp³-hybridized carbons (Fsp3) is 0.667. The lowest BCUT2D eigenvalue weighted by Gasteiger charge is -2.18. The summed E-state index contributed by atoms with van der Waals surface area (Å²) in [5.74, 6) is 0.590. The molecular formula is C21H30N7O8PS. The van der Waals surface area contributed by atoms with E-state index in [-0.39, 0.29) is 41.3 Å². The third-order valence-corrected chi connectivity index (χ3v) is 9.76. The number of fused-ring (bicyclic) bond motifs is 2. The summed E-state index contributed by atoms with van der Waals surface area (Å²) in [5.41, 5.74) is 6.36. The number of aliphatic hydroxyl groups is 2. The number of imidazole rings is 1. The first-order chi connectivity index (χ1) is 18.1. The summed E-state index contributed by atoms with van der Waals surface area (Å²) < 4.78 is 24.7. The van der Waals surface area contributed by atoms with Crippen molar-refractivity contribution >= 4 is 48.2 Å². The number of anilines is 1. The second kappa shape index (κ2) is 11.0. The van der Waals surface area contributed by atoms with E-state index in [0.29, 0.717) is 11.9 Å². The number of aliphatic hydroxyl groups excluding tert-OH is 2. The molecule has 0 bridgehead atoms. The van der Waals surface area contributed by atoms with E-state index in [1.807, 2.05) is 0 Å². The maximum Gasteiger partial charge on any atom is 0.335 e. The van der Waals surface area contributed by atoms with Gasteiger partial charge in [0.1, 0.15) is 42.1 Å². The van der Waals surface area contributed by atoms with Crippen molar-refractivity contribution in [2.75, 3.05) is 24.3 Å². The van der Waals surface area contributed by atoms with Crippen LogP contribution in [0.2, 0.25) is 0 Å². The first-order valence-corrected chi connectivity index (χ1v) is 15.1. The molecule has 3 aliphatic rings. The number of ether oxygens (including phenoxy) is 1.